The van der Waals surface area contributed by atoms with Crippen molar-refractivity contribution in [3.05, 3.63) is 24.2 Å². The molecule has 0 spiro atoms. The van der Waals surface area contributed by atoms with Crippen LogP contribution in [0.3, 0.4) is 0 Å². The van der Waals surface area contributed by atoms with Gasteiger partial charge in [-0.1, -0.05) is 0 Å². The van der Waals surface area contributed by atoms with E-state index in [1.54, 1.807) is 18.1 Å². The number of amides is 1. The fourth-order valence-electron chi connectivity index (χ4n) is 1.47. The molecule has 1 heterocycles. The Balaban J connectivity index is 2.61. The molecule has 0 aliphatic rings. The summed E-state index contributed by atoms with van der Waals surface area (Å²) in [5.41, 5.74) is 5.64. The molecule has 1 aromatic rings. The number of hydrogen-bond donors (Lipinski definition) is 1. The zero-order valence-electron chi connectivity index (χ0n) is 10.7. The van der Waals surface area contributed by atoms with Crippen LogP contribution in [0.1, 0.15) is 12.7 Å². The van der Waals surface area contributed by atoms with E-state index >= 15 is 0 Å². The Hall–Kier alpha value is -1.33. The standard InChI is InChI=1S/C12H21N3O2/c1-10(13)12(16)15(7-6-14(2)3)9-11-5-4-8-17-11/h4-5,8,10H,6-7,9,13H2,1-3H3/t10-/m0/s1. The highest BCUT2D eigenvalue weighted by atomic mass is 16.3. The minimum atomic E-state index is -0.480. The molecule has 1 amide bonds. The minimum Gasteiger partial charge on any atom is -0.467 e. The summed E-state index contributed by atoms with van der Waals surface area (Å²) in [4.78, 5) is 15.7. The van der Waals surface area contributed by atoms with Crippen LogP contribution in [0.4, 0.5) is 0 Å². The molecule has 0 saturated heterocycles. The Morgan fingerprint density at radius 2 is 2.18 bits per heavy atom. The number of carbonyl (C=O) groups is 1. The van der Waals surface area contributed by atoms with Crippen molar-refractivity contribution in [2.75, 3.05) is 27.2 Å². The molecular formula is C12H21N3O2. The number of nitrogens with two attached hydrogens (primary N) is 1. The monoisotopic (exact) mass is 239 g/mol. The SMILES string of the molecule is C[C@H](N)C(=O)N(CCN(C)C)Cc1ccco1. The molecule has 5 heteroatoms. The van der Waals surface area contributed by atoms with Crippen LogP contribution >= 0.6 is 0 Å². The van der Waals surface area contributed by atoms with Gasteiger partial charge < -0.3 is 20.0 Å². The highest BCUT2D eigenvalue weighted by Crippen LogP contribution is 2.06. The lowest BCUT2D eigenvalue weighted by molar-refractivity contribution is -0.133. The van der Waals surface area contributed by atoms with E-state index < -0.39 is 6.04 Å². The van der Waals surface area contributed by atoms with Crippen LogP contribution in [-0.4, -0.2) is 48.9 Å². The summed E-state index contributed by atoms with van der Waals surface area (Å²) < 4.78 is 5.25. The smallest absolute Gasteiger partial charge is 0.239 e. The third-order valence-corrected chi connectivity index (χ3v) is 2.45. The Bertz CT molecular complexity index is 334. The van der Waals surface area contributed by atoms with Crippen LogP contribution in [-0.2, 0) is 11.3 Å². The van der Waals surface area contributed by atoms with Gasteiger partial charge in [-0.3, -0.25) is 4.79 Å². The number of carbonyl (C=O) groups excluding carboxylic acids is 1. The molecule has 1 rings (SSSR count). The first-order valence-corrected chi connectivity index (χ1v) is 5.72. The summed E-state index contributed by atoms with van der Waals surface area (Å²) in [5, 5.41) is 0. The number of likely N-dealkylation sites (N-methyl/N-ethyl adjacent to an activating group) is 1. The van der Waals surface area contributed by atoms with Gasteiger partial charge in [0.2, 0.25) is 5.91 Å². The number of rotatable bonds is 6. The van der Waals surface area contributed by atoms with Crippen molar-refractivity contribution in [2.45, 2.75) is 19.5 Å². The summed E-state index contributed by atoms with van der Waals surface area (Å²) in [7, 11) is 3.95. The molecule has 0 fully saturated rings. The van der Waals surface area contributed by atoms with Crippen molar-refractivity contribution in [3.63, 3.8) is 0 Å². The van der Waals surface area contributed by atoms with Gasteiger partial charge in [0.05, 0.1) is 18.8 Å². The number of hydrogen-bond acceptors (Lipinski definition) is 4. The minimum absolute atomic E-state index is 0.0525. The molecular weight excluding hydrogens is 218 g/mol. The molecule has 0 aromatic carbocycles. The maximum absolute atomic E-state index is 11.9. The van der Waals surface area contributed by atoms with Gasteiger partial charge in [-0.05, 0) is 33.2 Å². The van der Waals surface area contributed by atoms with Gasteiger partial charge in [0.1, 0.15) is 5.76 Å². The lowest BCUT2D eigenvalue weighted by atomic mass is 10.3. The van der Waals surface area contributed by atoms with Gasteiger partial charge >= 0.3 is 0 Å². The molecule has 0 radical (unpaired) electrons. The van der Waals surface area contributed by atoms with E-state index in [0.29, 0.717) is 13.1 Å². The second-order valence-corrected chi connectivity index (χ2v) is 4.43. The molecule has 1 aromatic heterocycles. The molecule has 96 valence electrons. The molecule has 0 aliphatic carbocycles. The van der Waals surface area contributed by atoms with Crippen LogP contribution in [0.2, 0.25) is 0 Å². The maximum atomic E-state index is 11.9. The third kappa shape index (κ3) is 4.58. The van der Waals surface area contributed by atoms with E-state index in [2.05, 4.69) is 0 Å². The van der Waals surface area contributed by atoms with E-state index in [-0.39, 0.29) is 5.91 Å². The van der Waals surface area contributed by atoms with E-state index in [1.165, 1.54) is 0 Å². The van der Waals surface area contributed by atoms with Crippen molar-refractivity contribution >= 4 is 5.91 Å². The van der Waals surface area contributed by atoms with Gasteiger partial charge in [-0.15, -0.1) is 0 Å². The molecule has 1 atom stereocenters. The van der Waals surface area contributed by atoms with Crippen molar-refractivity contribution in [1.82, 2.24) is 9.80 Å². The van der Waals surface area contributed by atoms with Crippen molar-refractivity contribution in [1.29, 1.82) is 0 Å². The van der Waals surface area contributed by atoms with Gasteiger partial charge in [0.15, 0.2) is 0 Å². The largest absolute Gasteiger partial charge is 0.467 e. The van der Waals surface area contributed by atoms with Crippen molar-refractivity contribution in [2.24, 2.45) is 5.73 Å². The average Bonchev–Trinajstić information content (AvgIpc) is 2.75. The zero-order chi connectivity index (χ0) is 12.8. The molecule has 5 nitrogen and oxygen atoms in total. The number of furan rings is 1. The summed E-state index contributed by atoms with van der Waals surface area (Å²) in [5.74, 6) is 0.723. The second kappa shape index (κ2) is 6.42. The summed E-state index contributed by atoms with van der Waals surface area (Å²) in [6.07, 6.45) is 1.61. The molecule has 0 bridgehead atoms. The molecule has 17 heavy (non-hydrogen) atoms. The highest BCUT2D eigenvalue weighted by molar-refractivity contribution is 5.81. The average molecular weight is 239 g/mol. The van der Waals surface area contributed by atoms with Crippen LogP contribution in [0.15, 0.2) is 22.8 Å². The van der Waals surface area contributed by atoms with Gasteiger partial charge in [0.25, 0.3) is 0 Å². The van der Waals surface area contributed by atoms with E-state index in [1.807, 2.05) is 31.1 Å². The topological polar surface area (TPSA) is 62.7 Å². The third-order valence-electron chi connectivity index (χ3n) is 2.45. The highest BCUT2D eigenvalue weighted by Gasteiger charge is 2.18. The van der Waals surface area contributed by atoms with Crippen molar-refractivity contribution in [3.8, 4) is 0 Å². The first-order chi connectivity index (χ1) is 8.00. The molecule has 2 N–H and O–H groups in total. The maximum Gasteiger partial charge on any atom is 0.239 e. The predicted octanol–water partition coefficient (Wildman–Crippen LogP) is 0.517. The first-order valence-electron chi connectivity index (χ1n) is 5.72. The molecule has 0 saturated carbocycles. The van der Waals surface area contributed by atoms with E-state index in [9.17, 15) is 4.79 Å². The second-order valence-electron chi connectivity index (χ2n) is 4.43. The zero-order valence-corrected chi connectivity index (χ0v) is 10.7. The van der Waals surface area contributed by atoms with E-state index in [0.717, 1.165) is 12.3 Å². The quantitative estimate of drug-likeness (QED) is 0.786. The molecule has 0 unspecified atom stereocenters. The number of nitrogens with zero attached hydrogens (tertiary/aromatic N) is 2. The lowest BCUT2D eigenvalue weighted by Gasteiger charge is -2.25. The lowest BCUT2D eigenvalue weighted by Crippen LogP contribution is -2.44. The Morgan fingerprint density at radius 1 is 1.47 bits per heavy atom. The Labute approximate surface area is 102 Å². The van der Waals surface area contributed by atoms with Crippen LogP contribution in [0.25, 0.3) is 0 Å². The predicted molar refractivity (Wildman–Crippen MR) is 66.3 cm³/mol. The van der Waals surface area contributed by atoms with Crippen LogP contribution in [0.5, 0.6) is 0 Å². The van der Waals surface area contributed by atoms with Gasteiger partial charge in [-0.2, -0.15) is 0 Å². The van der Waals surface area contributed by atoms with Crippen LogP contribution < -0.4 is 5.73 Å². The first kappa shape index (κ1) is 13.7. The van der Waals surface area contributed by atoms with Crippen LogP contribution in [0, 0.1) is 0 Å². The normalized spacial score (nSPS) is 12.8. The molecule has 0 aliphatic heterocycles. The fourth-order valence-corrected chi connectivity index (χ4v) is 1.47. The van der Waals surface area contributed by atoms with E-state index in [4.69, 9.17) is 10.2 Å². The van der Waals surface area contributed by atoms with Crippen molar-refractivity contribution < 1.29 is 9.21 Å². The summed E-state index contributed by atoms with van der Waals surface area (Å²) in [6, 6.07) is 3.19. The summed E-state index contributed by atoms with van der Waals surface area (Å²) in [6.45, 7) is 3.63. The fraction of sp³-hybridized carbons (Fsp3) is 0.583. The summed E-state index contributed by atoms with van der Waals surface area (Å²) >= 11 is 0. The van der Waals surface area contributed by atoms with Gasteiger partial charge in [-0.25, -0.2) is 0 Å². The Morgan fingerprint density at radius 3 is 2.65 bits per heavy atom. The van der Waals surface area contributed by atoms with Gasteiger partial charge in [0, 0.05) is 13.1 Å². The Kier molecular flexibility index (Phi) is 5.18.